The molecule has 0 bridgehead atoms. The first-order valence-corrected chi connectivity index (χ1v) is 8.21. The zero-order valence-electron chi connectivity index (χ0n) is 14.1. The Morgan fingerprint density at radius 2 is 1.48 bits per heavy atom. The monoisotopic (exact) mass is 343 g/mol. The average molecular weight is 343 g/mol. The highest BCUT2D eigenvalue weighted by atomic mass is 16.5. The van der Waals surface area contributed by atoms with Crippen molar-refractivity contribution in [2.75, 3.05) is 42.6 Å². The van der Waals surface area contributed by atoms with Gasteiger partial charge in [0.05, 0.1) is 12.2 Å². The summed E-state index contributed by atoms with van der Waals surface area (Å²) in [5.74, 6) is 0.902. The predicted octanol–water partition coefficient (Wildman–Crippen LogP) is 0.229. The largest absolute Gasteiger partial charge is 0.462 e. The van der Waals surface area contributed by atoms with Gasteiger partial charge in [-0.3, -0.25) is 0 Å². The van der Waals surface area contributed by atoms with Crippen molar-refractivity contribution in [3.05, 3.63) is 35.9 Å². The quantitative estimate of drug-likeness (QED) is 0.763. The van der Waals surface area contributed by atoms with Crippen molar-refractivity contribution in [1.29, 1.82) is 0 Å². The van der Waals surface area contributed by atoms with Gasteiger partial charge < -0.3 is 20.3 Å². The summed E-state index contributed by atoms with van der Waals surface area (Å²) in [4.78, 5) is 33.1. The average Bonchev–Trinajstić information content (AvgIpc) is 2.68. The molecule has 3 heterocycles. The number of hydrogen-bond donors (Lipinski definition) is 1. The number of nitrogens with two attached hydrogens (primary N) is 1. The summed E-state index contributed by atoms with van der Waals surface area (Å²) in [6.45, 7) is 5.57. The maximum Gasteiger partial charge on any atom is 0.341 e. The summed E-state index contributed by atoms with van der Waals surface area (Å²) in [5.41, 5.74) is 6.84. The molecule has 0 amide bonds. The Morgan fingerprint density at radius 1 is 1.00 bits per heavy atom. The lowest BCUT2D eigenvalue weighted by Crippen LogP contribution is -2.47. The summed E-state index contributed by atoms with van der Waals surface area (Å²) in [6.07, 6.45) is 6.51. The van der Waals surface area contributed by atoms with Crippen molar-refractivity contribution in [3.63, 3.8) is 0 Å². The van der Waals surface area contributed by atoms with Crippen molar-refractivity contribution in [3.8, 4) is 0 Å². The Bertz CT molecular complexity index is 697. The smallest absolute Gasteiger partial charge is 0.341 e. The van der Waals surface area contributed by atoms with Gasteiger partial charge in [-0.15, -0.1) is 0 Å². The second-order valence-electron chi connectivity index (χ2n) is 5.56. The van der Waals surface area contributed by atoms with Crippen molar-refractivity contribution in [2.45, 2.75) is 13.5 Å². The minimum absolute atomic E-state index is 0.330. The van der Waals surface area contributed by atoms with Crippen LogP contribution in [0.5, 0.6) is 0 Å². The highest BCUT2D eigenvalue weighted by Crippen LogP contribution is 2.15. The lowest BCUT2D eigenvalue weighted by atomic mass is 10.3. The molecule has 0 aliphatic carbocycles. The van der Waals surface area contributed by atoms with Crippen LogP contribution in [-0.2, 0) is 11.3 Å². The molecule has 3 rings (SSSR count). The summed E-state index contributed by atoms with van der Waals surface area (Å²) in [7, 11) is 0. The van der Waals surface area contributed by atoms with Crippen LogP contribution < -0.4 is 15.5 Å². The zero-order valence-corrected chi connectivity index (χ0v) is 14.1. The number of rotatable bonds is 5. The van der Waals surface area contributed by atoms with Gasteiger partial charge in [-0.2, -0.15) is 0 Å². The van der Waals surface area contributed by atoms with Crippen LogP contribution in [-0.4, -0.2) is 58.7 Å². The molecule has 1 aliphatic rings. The van der Waals surface area contributed by atoms with Crippen molar-refractivity contribution in [2.24, 2.45) is 5.73 Å². The van der Waals surface area contributed by atoms with Crippen molar-refractivity contribution in [1.82, 2.24) is 19.9 Å². The van der Waals surface area contributed by atoms with Crippen molar-refractivity contribution >= 4 is 17.9 Å². The predicted molar refractivity (Wildman–Crippen MR) is 92.3 cm³/mol. The number of aromatic nitrogens is 4. The third-order valence-corrected chi connectivity index (χ3v) is 3.92. The molecule has 1 aliphatic heterocycles. The Labute approximate surface area is 145 Å². The molecule has 9 heteroatoms. The summed E-state index contributed by atoms with van der Waals surface area (Å²) >= 11 is 0. The fourth-order valence-electron chi connectivity index (χ4n) is 2.53. The van der Waals surface area contributed by atoms with Gasteiger partial charge in [0.1, 0.15) is 0 Å². The van der Waals surface area contributed by atoms with E-state index in [1.54, 1.807) is 19.3 Å². The van der Waals surface area contributed by atoms with E-state index in [-0.39, 0.29) is 0 Å². The van der Waals surface area contributed by atoms with Crippen LogP contribution in [0.15, 0.2) is 24.8 Å². The first kappa shape index (κ1) is 17.0. The number of piperazine rings is 1. The topological polar surface area (TPSA) is 110 Å². The van der Waals surface area contributed by atoms with Crippen LogP contribution >= 0.6 is 0 Å². The maximum absolute atomic E-state index is 11.6. The number of anilines is 2. The fraction of sp³-hybridized carbons (Fsp3) is 0.438. The molecular formula is C16H21N7O2. The molecule has 0 saturated carbocycles. The first-order chi connectivity index (χ1) is 12.2. The molecule has 0 spiro atoms. The molecule has 9 nitrogen and oxygen atoms in total. The molecule has 2 aromatic heterocycles. The fourth-order valence-corrected chi connectivity index (χ4v) is 2.53. The van der Waals surface area contributed by atoms with Gasteiger partial charge in [-0.1, -0.05) is 0 Å². The van der Waals surface area contributed by atoms with Gasteiger partial charge in [0.15, 0.2) is 0 Å². The Morgan fingerprint density at radius 3 is 1.92 bits per heavy atom. The molecule has 0 radical (unpaired) electrons. The lowest BCUT2D eigenvalue weighted by molar-refractivity contribution is 0.0525. The number of nitrogens with zero attached hydrogens (tertiary/aromatic N) is 6. The summed E-state index contributed by atoms with van der Waals surface area (Å²) < 4.78 is 4.93. The third kappa shape index (κ3) is 4.00. The normalized spacial score (nSPS) is 14.5. The van der Waals surface area contributed by atoms with E-state index in [0.717, 1.165) is 31.7 Å². The summed E-state index contributed by atoms with van der Waals surface area (Å²) in [6, 6.07) is 0. The second-order valence-corrected chi connectivity index (χ2v) is 5.56. The van der Waals surface area contributed by atoms with E-state index in [0.29, 0.717) is 30.6 Å². The van der Waals surface area contributed by atoms with Crippen LogP contribution in [0.4, 0.5) is 11.9 Å². The standard InChI is InChI=1S/C16H21N7O2/c1-2-25-14(24)13-10-20-16(21-11-13)23-5-3-22(4-6-23)15-18-8-12(7-17)9-19-15/h8-11H,2-7,17H2,1H3. The van der Waals surface area contributed by atoms with Gasteiger partial charge in [0.25, 0.3) is 0 Å². The van der Waals surface area contributed by atoms with Crippen LogP contribution in [0.3, 0.4) is 0 Å². The van der Waals surface area contributed by atoms with Crippen LogP contribution in [0.2, 0.25) is 0 Å². The van der Waals surface area contributed by atoms with E-state index in [4.69, 9.17) is 10.5 Å². The Hall–Kier alpha value is -2.81. The lowest BCUT2D eigenvalue weighted by Gasteiger charge is -2.34. The van der Waals surface area contributed by atoms with Crippen LogP contribution in [0, 0.1) is 0 Å². The zero-order chi connectivity index (χ0) is 17.6. The molecule has 2 aromatic rings. The number of carbonyl (C=O) groups excluding carboxylic acids is 1. The molecule has 0 atom stereocenters. The van der Waals surface area contributed by atoms with Gasteiger partial charge in [-0.05, 0) is 6.92 Å². The number of hydrogen-bond acceptors (Lipinski definition) is 9. The van der Waals surface area contributed by atoms with E-state index in [1.807, 2.05) is 0 Å². The van der Waals surface area contributed by atoms with E-state index in [1.165, 1.54) is 12.4 Å². The Kier molecular flexibility index (Phi) is 5.34. The number of esters is 1. The molecule has 1 fully saturated rings. The molecule has 0 unspecified atom stereocenters. The molecule has 132 valence electrons. The van der Waals surface area contributed by atoms with Gasteiger partial charge in [0.2, 0.25) is 11.9 Å². The number of carbonyl (C=O) groups is 1. The molecular weight excluding hydrogens is 322 g/mol. The van der Waals surface area contributed by atoms with E-state index >= 15 is 0 Å². The molecule has 25 heavy (non-hydrogen) atoms. The highest BCUT2D eigenvalue weighted by molar-refractivity contribution is 5.88. The highest BCUT2D eigenvalue weighted by Gasteiger charge is 2.21. The van der Waals surface area contributed by atoms with Crippen LogP contribution in [0.25, 0.3) is 0 Å². The Balaban J connectivity index is 1.59. The molecule has 1 saturated heterocycles. The maximum atomic E-state index is 11.6. The van der Waals surface area contributed by atoms with Gasteiger partial charge >= 0.3 is 5.97 Å². The van der Waals surface area contributed by atoms with Gasteiger partial charge in [-0.25, -0.2) is 24.7 Å². The second kappa shape index (κ2) is 7.84. The van der Waals surface area contributed by atoms with E-state index < -0.39 is 5.97 Å². The van der Waals surface area contributed by atoms with Gasteiger partial charge in [0, 0.05) is 63.1 Å². The number of ether oxygens (including phenoxy) is 1. The van der Waals surface area contributed by atoms with E-state index in [2.05, 4.69) is 29.7 Å². The molecule has 2 N–H and O–H groups in total. The third-order valence-electron chi connectivity index (χ3n) is 3.92. The summed E-state index contributed by atoms with van der Waals surface area (Å²) in [5, 5.41) is 0. The minimum atomic E-state index is -0.406. The SMILES string of the molecule is CCOC(=O)c1cnc(N2CCN(c3ncc(CN)cn3)CC2)nc1. The van der Waals surface area contributed by atoms with Crippen LogP contribution in [0.1, 0.15) is 22.8 Å². The minimum Gasteiger partial charge on any atom is -0.462 e. The van der Waals surface area contributed by atoms with E-state index in [9.17, 15) is 4.79 Å². The van der Waals surface area contributed by atoms with Crippen molar-refractivity contribution < 1.29 is 9.53 Å². The molecule has 0 aromatic carbocycles. The first-order valence-electron chi connectivity index (χ1n) is 8.21.